The molecular formula is C16H16BrClN2O. The minimum atomic E-state index is -0.00950. The van der Waals surface area contributed by atoms with Crippen LogP contribution >= 0.6 is 27.5 Å². The van der Waals surface area contributed by atoms with E-state index in [1.54, 1.807) is 7.05 Å². The van der Waals surface area contributed by atoms with Gasteiger partial charge in [-0.1, -0.05) is 45.7 Å². The summed E-state index contributed by atoms with van der Waals surface area (Å²) in [6.45, 7) is 0.600. The summed E-state index contributed by atoms with van der Waals surface area (Å²) in [5, 5.41) is 6.70. The maximum Gasteiger partial charge on any atom is 0.224 e. The van der Waals surface area contributed by atoms with Crippen molar-refractivity contribution in [3.05, 3.63) is 63.1 Å². The van der Waals surface area contributed by atoms with Gasteiger partial charge in [0.2, 0.25) is 5.91 Å². The lowest BCUT2D eigenvalue weighted by Crippen LogP contribution is -2.20. The summed E-state index contributed by atoms with van der Waals surface area (Å²) in [4.78, 5) is 11.5. The minimum absolute atomic E-state index is 0.00950. The molecule has 2 rings (SSSR count). The Morgan fingerprint density at radius 3 is 2.71 bits per heavy atom. The van der Waals surface area contributed by atoms with Crippen LogP contribution in [0, 0.1) is 0 Å². The van der Waals surface area contributed by atoms with Crippen molar-refractivity contribution in [3.63, 3.8) is 0 Å². The molecule has 2 aromatic rings. The van der Waals surface area contributed by atoms with Crippen LogP contribution in [0.25, 0.3) is 0 Å². The highest BCUT2D eigenvalue weighted by atomic mass is 79.9. The summed E-state index contributed by atoms with van der Waals surface area (Å²) < 4.78 is 0.988. The van der Waals surface area contributed by atoms with Crippen molar-refractivity contribution in [1.29, 1.82) is 0 Å². The molecule has 0 heterocycles. The maximum atomic E-state index is 11.5. The Hall–Kier alpha value is -1.52. The smallest absolute Gasteiger partial charge is 0.224 e. The second-order valence-corrected chi connectivity index (χ2v) is 5.92. The number of hydrogen-bond acceptors (Lipinski definition) is 2. The van der Waals surface area contributed by atoms with Gasteiger partial charge in [0.25, 0.3) is 0 Å². The predicted molar refractivity (Wildman–Crippen MR) is 90.7 cm³/mol. The van der Waals surface area contributed by atoms with E-state index in [2.05, 4.69) is 26.6 Å². The van der Waals surface area contributed by atoms with E-state index in [-0.39, 0.29) is 5.91 Å². The molecule has 5 heteroatoms. The fraction of sp³-hybridized carbons (Fsp3) is 0.188. The molecule has 0 unspecified atom stereocenters. The molecular weight excluding hydrogens is 352 g/mol. The van der Waals surface area contributed by atoms with Gasteiger partial charge >= 0.3 is 0 Å². The summed E-state index contributed by atoms with van der Waals surface area (Å²) in [5.41, 5.74) is 2.90. The normalized spacial score (nSPS) is 10.2. The number of amides is 1. The average molecular weight is 368 g/mol. The van der Waals surface area contributed by atoms with Crippen LogP contribution in [0.1, 0.15) is 11.1 Å². The van der Waals surface area contributed by atoms with Crippen LogP contribution in [-0.4, -0.2) is 13.0 Å². The van der Waals surface area contributed by atoms with Gasteiger partial charge in [-0.05, 0) is 35.4 Å². The van der Waals surface area contributed by atoms with Gasteiger partial charge in [0.15, 0.2) is 0 Å². The molecule has 0 fully saturated rings. The number of para-hydroxylation sites is 1. The van der Waals surface area contributed by atoms with Crippen molar-refractivity contribution in [3.8, 4) is 0 Å². The lowest BCUT2D eigenvalue weighted by atomic mass is 10.1. The second-order valence-electron chi connectivity index (χ2n) is 4.60. The van der Waals surface area contributed by atoms with Crippen LogP contribution in [0.15, 0.2) is 46.9 Å². The van der Waals surface area contributed by atoms with E-state index in [4.69, 9.17) is 11.6 Å². The highest BCUT2D eigenvalue weighted by Gasteiger charge is 2.07. The third-order valence-electron chi connectivity index (χ3n) is 3.12. The molecule has 0 aromatic heterocycles. The molecule has 0 radical (unpaired) electrons. The number of hydrogen-bond donors (Lipinski definition) is 2. The van der Waals surface area contributed by atoms with Crippen LogP contribution in [0.4, 0.5) is 5.69 Å². The maximum absolute atomic E-state index is 11.5. The summed E-state index contributed by atoms with van der Waals surface area (Å²) >= 11 is 9.62. The molecule has 0 aliphatic rings. The predicted octanol–water partition coefficient (Wildman–Crippen LogP) is 4.00. The largest absolute Gasteiger partial charge is 0.381 e. The number of nitrogens with one attached hydrogen (secondary N) is 2. The Morgan fingerprint density at radius 1 is 1.19 bits per heavy atom. The van der Waals surface area contributed by atoms with E-state index in [9.17, 15) is 4.79 Å². The van der Waals surface area contributed by atoms with Gasteiger partial charge in [-0.3, -0.25) is 4.79 Å². The first-order valence-corrected chi connectivity index (χ1v) is 7.73. The fourth-order valence-corrected chi connectivity index (χ4v) is 2.57. The Bertz CT molecular complexity index is 646. The summed E-state index contributed by atoms with van der Waals surface area (Å²) in [5.74, 6) is -0.00950. The van der Waals surface area contributed by atoms with Crippen LogP contribution in [-0.2, 0) is 17.8 Å². The molecule has 0 aliphatic carbocycles. The van der Waals surface area contributed by atoms with Crippen LogP contribution in [0.5, 0.6) is 0 Å². The Labute approximate surface area is 137 Å². The first-order valence-electron chi connectivity index (χ1n) is 6.56. The monoisotopic (exact) mass is 366 g/mol. The number of likely N-dealkylation sites (N-methyl/N-ethyl adjacent to an activating group) is 1. The molecule has 0 saturated heterocycles. The zero-order valence-corrected chi connectivity index (χ0v) is 14.0. The molecule has 0 spiro atoms. The molecule has 0 atom stereocenters. The van der Waals surface area contributed by atoms with Gasteiger partial charge in [-0.25, -0.2) is 0 Å². The standard InChI is InChI=1S/C16H16BrClN2O/c1-19-16(21)9-11-4-2-3-5-15(11)20-10-12-8-13(17)6-7-14(12)18/h2-8,20H,9-10H2,1H3,(H,19,21). The topological polar surface area (TPSA) is 41.1 Å². The van der Waals surface area contributed by atoms with Crippen LogP contribution in [0.3, 0.4) is 0 Å². The van der Waals surface area contributed by atoms with Gasteiger partial charge in [0, 0.05) is 28.8 Å². The quantitative estimate of drug-likeness (QED) is 0.838. The lowest BCUT2D eigenvalue weighted by Gasteiger charge is -2.12. The zero-order chi connectivity index (χ0) is 15.2. The molecule has 2 N–H and O–H groups in total. The van der Waals surface area contributed by atoms with Crippen molar-refractivity contribution in [2.75, 3.05) is 12.4 Å². The highest BCUT2D eigenvalue weighted by Crippen LogP contribution is 2.23. The third-order valence-corrected chi connectivity index (χ3v) is 3.99. The molecule has 21 heavy (non-hydrogen) atoms. The average Bonchev–Trinajstić information content (AvgIpc) is 2.49. The molecule has 0 saturated carbocycles. The van der Waals surface area contributed by atoms with E-state index < -0.39 is 0 Å². The molecule has 110 valence electrons. The number of carbonyl (C=O) groups is 1. The molecule has 0 bridgehead atoms. The van der Waals surface area contributed by atoms with E-state index >= 15 is 0 Å². The zero-order valence-electron chi connectivity index (χ0n) is 11.6. The van der Waals surface area contributed by atoms with Crippen LogP contribution < -0.4 is 10.6 Å². The van der Waals surface area contributed by atoms with Gasteiger partial charge < -0.3 is 10.6 Å². The van der Waals surface area contributed by atoms with E-state index in [1.807, 2.05) is 42.5 Å². The van der Waals surface area contributed by atoms with E-state index in [0.29, 0.717) is 13.0 Å². The summed E-state index contributed by atoms with van der Waals surface area (Å²) in [6.07, 6.45) is 0.353. The number of carbonyl (C=O) groups excluding carboxylic acids is 1. The number of halogens is 2. The van der Waals surface area contributed by atoms with Crippen molar-refractivity contribution in [1.82, 2.24) is 5.32 Å². The minimum Gasteiger partial charge on any atom is -0.381 e. The van der Waals surface area contributed by atoms with Gasteiger partial charge in [0.1, 0.15) is 0 Å². The number of benzene rings is 2. The first kappa shape index (κ1) is 15.9. The van der Waals surface area contributed by atoms with Gasteiger partial charge in [-0.15, -0.1) is 0 Å². The summed E-state index contributed by atoms with van der Waals surface area (Å²) in [7, 11) is 1.64. The first-order chi connectivity index (χ1) is 10.1. The molecule has 2 aromatic carbocycles. The van der Waals surface area contributed by atoms with Gasteiger partial charge in [-0.2, -0.15) is 0 Å². The van der Waals surface area contributed by atoms with Crippen LogP contribution in [0.2, 0.25) is 5.02 Å². The van der Waals surface area contributed by atoms with Crippen molar-refractivity contribution >= 4 is 39.1 Å². The SMILES string of the molecule is CNC(=O)Cc1ccccc1NCc1cc(Br)ccc1Cl. The second kappa shape index (κ2) is 7.48. The Morgan fingerprint density at radius 2 is 1.95 bits per heavy atom. The van der Waals surface area contributed by atoms with E-state index in [0.717, 1.165) is 26.3 Å². The highest BCUT2D eigenvalue weighted by molar-refractivity contribution is 9.10. The van der Waals surface area contributed by atoms with Crippen molar-refractivity contribution < 1.29 is 4.79 Å². The number of anilines is 1. The third kappa shape index (κ3) is 4.48. The number of rotatable bonds is 5. The van der Waals surface area contributed by atoms with Gasteiger partial charge in [0.05, 0.1) is 6.42 Å². The fourth-order valence-electron chi connectivity index (χ4n) is 1.98. The lowest BCUT2D eigenvalue weighted by molar-refractivity contribution is -0.119. The van der Waals surface area contributed by atoms with Crippen molar-refractivity contribution in [2.45, 2.75) is 13.0 Å². The van der Waals surface area contributed by atoms with Crippen molar-refractivity contribution in [2.24, 2.45) is 0 Å². The summed E-state index contributed by atoms with van der Waals surface area (Å²) in [6, 6.07) is 13.5. The molecule has 0 aliphatic heterocycles. The van der Waals surface area contributed by atoms with E-state index in [1.165, 1.54) is 0 Å². The Kier molecular flexibility index (Phi) is 5.65. The molecule has 3 nitrogen and oxygen atoms in total. The Balaban J connectivity index is 2.13. The molecule has 1 amide bonds.